The number of piperazine rings is 1. The van der Waals surface area contributed by atoms with Crippen LogP contribution in [0.5, 0.6) is 0 Å². The quantitative estimate of drug-likeness (QED) is 0.509. The van der Waals surface area contributed by atoms with E-state index in [0.29, 0.717) is 11.6 Å². The fourth-order valence-electron chi connectivity index (χ4n) is 5.31. The summed E-state index contributed by atoms with van der Waals surface area (Å²) < 4.78 is 25.9. The molecule has 0 aromatic carbocycles. The minimum absolute atomic E-state index is 0.00249. The molecule has 2 N–H and O–H groups in total. The molecular formula is C27H30F2N6O2. The van der Waals surface area contributed by atoms with Gasteiger partial charge in [0.05, 0.1) is 22.9 Å². The van der Waals surface area contributed by atoms with Gasteiger partial charge in [0.15, 0.2) is 0 Å². The van der Waals surface area contributed by atoms with Crippen LogP contribution in [0.15, 0.2) is 41.5 Å². The fraction of sp³-hybridized carbons (Fsp3) is 0.481. The first-order valence-electron chi connectivity index (χ1n) is 12.9. The normalized spacial score (nSPS) is 20.1. The third-order valence-corrected chi connectivity index (χ3v) is 7.64. The van der Waals surface area contributed by atoms with Crippen molar-refractivity contribution in [3.8, 4) is 0 Å². The summed E-state index contributed by atoms with van der Waals surface area (Å²) in [5.41, 5.74) is 4.79. The minimum atomic E-state index is -2.58. The molecule has 10 heteroatoms. The van der Waals surface area contributed by atoms with Gasteiger partial charge in [-0.3, -0.25) is 19.5 Å². The summed E-state index contributed by atoms with van der Waals surface area (Å²) in [6.45, 7) is 4.39. The van der Waals surface area contributed by atoms with Gasteiger partial charge in [0.1, 0.15) is 5.69 Å². The van der Waals surface area contributed by atoms with E-state index in [1.807, 2.05) is 24.4 Å². The van der Waals surface area contributed by atoms with Crippen LogP contribution in [0.3, 0.4) is 0 Å². The van der Waals surface area contributed by atoms with E-state index in [4.69, 9.17) is 0 Å². The summed E-state index contributed by atoms with van der Waals surface area (Å²) in [5, 5.41) is 2.71. The predicted octanol–water partition coefficient (Wildman–Crippen LogP) is 3.29. The lowest BCUT2D eigenvalue weighted by Gasteiger charge is -2.36. The molecule has 0 unspecified atom stereocenters. The maximum Gasteiger partial charge on any atom is 0.269 e. The van der Waals surface area contributed by atoms with E-state index in [1.54, 1.807) is 12.3 Å². The van der Waals surface area contributed by atoms with E-state index in [2.05, 4.69) is 30.1 Å². The molecule has 1 amide bonds. The number of pyridine rings is 3. The summed E-state index contributed by atoms with van der Waals surface area (Å²) >= 11 is 0. The maximum absolute atomic E-state index is 12.9. The lowest BCUT2D eigenvalue weighted by atomic mass is 9.81. The molecule has 3 aliphatic rings. The van der Waals surface area contributed by atoms with Gasteiger partial charge in [0.25, 0.3) is 11.5 Å². The Morgan fingerprint density at radius 2 is 1.86 bits per heavy atom. The predicted molar refractivity (Wildman–Crippen MR) is 136 cm³/mol. The first kappa shape index (κ1) is 24.0. The molecule has 2 saturated carbocycles. The number of fused-ring (bicyclic) bond motifs is 1. The average molecular weight is 509 g/mol. The number of H-pyrrole nitrogens is 1. The number of nitrogens with zero attached hydrogens (tertiary/aromatic N) is 4. The largest absolute Gasteiger partial charge is 0.368 e. The zero-order valence-corrected chi connectivity index (χ0v) is 20.6. The van der Waals surface area contributed by atoms with E-state index < -0.39 is 5.92 Å². The Morgan fingerprint density at radius 3 is 2.54 bits per heavy atom. The molecular weight excluding hydrogens is 478 g/mol. The number of anilines is 1. The molecule has 3 aromatic heterocycles. The second kappa shape index (κ2) is 9.48. The fourth-order valence-corrected chi connectivity index (χ4v) is 5.31. The molecule has 6 rings (SSSR count). The zero-order chi connectivity index (χ0) is 25.6. The summed E-state index contributed by atoms with van der Waals surface area (Å²) in [7, 11) is 0. The van der Waals surface area contributed by atoms with Crippen LogP contribution in [0.2, 0.25) is 0 Å². The van der Waals surface area contributed by atoms with Crippen LogP contribution in [0, 0.1) is 5.92 Å². The molecule has 1 aliphatic heterocycles. The first-order valence-corrected chi connectivity index (χ1v) is 12.9. The molecule has 2 aliphatic carbocycles. The van der Waals surface area contributed by atoms with Gasteiger partial charge < -0.3 is 15.2 Å². The van der Waals surface area contributed by atoms with Gasteiger partial charge in [-0.05, 0) is 54.5 Å². The summed E-state index contributed by atoms with van der Waals surface area (Å²) in [5.74, 6) is -2.68. The van der Waals surface area contributed by atoms with Gasteiger partial charge in [0.2, 0.25) is 5.92 Å². The third-order valence-electron chi connectivity index (χ3n) is 7.64. The molecule has 0 atom stereocenters. The molecule has 3 aromatic rings. The van der Waals surface area contributed by atoms with Crippen LogP contribution < -0.4 is 15.8 Å². The Labute approximate surface area is 213 Å². The number of hydrogen-bond acceptors (Lipinski definition) is 6. The number of halogens is 2. The number of carbonyl (C=O) groups excluding carboxylic acids is 1. The molecule has 1 saturated heterocycles. The van der Waals surface area contributed by atoms with Crippen molar-refractivity contribution in [2.45, 2.75) is 44.1 Å². The van der Waals surface area contributed by atoms with Crippen molar-refractivity contribution in [3.63, 3.8) is 0 Å². The molecule has 8 nitrogen and oxygen atoms in total. The molecule has 194 valence electrons. The SMILES string of the molecule is O=C(NCC1CC(F)(F)C1)c1ccc(N2CCN(Cc3cnc4cc(C5CC5)c(=O)[nH]c4c3)CC2)cn1. The Bertz CT molecular complexity index is 1360. The Hall–Kier alpha value is -3.40. The van der Waals surface area contributed by atoms with Crippen molar-refractivity contribution in [1.29, 1.82) is 0 Å². The van der Waals surface area contributed by atoms with E-state index >= 15 is 0 Å². The van der Waals surface area contributed by atoms with E-state index in [-0.39, 0.29) is 36.8 Å². The van der Waals surface area contributed by atoms with Gasteiger partial charge in [-0.1, -0.05) is 0 Å². The highest BCUT2D eigenvalue weighted by atomic mass is 19.3. The van der Waals surface area contributed by atoms with Gasteiger partial charge in [-0.25, -0.2) is 13.8 Å². The minimum Gasteiger partial charge on any atom is -0.368 e. The zero-order valence-electron chi connectivity index (χ0n) is 20.6. The van der Waals surface area contributed by atoms with Crippen molar-refractivity contribution >= 4 is 22.6 Å². The standard InChI is InChI=1S/C27H30F2N6O2/c28-27(29)11-18(12-27)14-32-26(37)22-4-3-20(15-31-22)35-7-5-34(6-8-35)16-17-9-24-23(30-13-17)10-21(19-1-2-19)25(36)33-24/h3-4,9-10,13,15,18-19H,1-2,5-8,11-12,14,16H2,(H,32,37)(H,33,36). The summed E-state index contributed by atoms with van der Waals surface area (Å²) in [6.07, 6.45) is 5.43. The molecule has 37 heavy (non-hydrogen) atoms. The number of nitrogens with one attached hydrogen (secondary N) is 2. The maximum atomic E-state index is 12.9. The van der Waals surface area contributed by atoms with Crippen molar-refractivity contribution in [2.75, 3.05) is 37.6 Å². The topological polar surface area (TPSA) is 94.2 Å². The molecule has 0 bridgehead atoms. The van der Waals surface area contributed by atoms with Crippen LogP contribution in [0.1, 0.15) is 53.2 Å². The molecule has 0 radical (unpaired) electrons. The molecule has 3 fully saturated rings. The number of aromatic amines is 1. The van der Waals surface area contributed by atoms with Gasteiger partial charge in [-0.2, -0.15) is 0 Å². The first-order chi connectivity index (χ1) is 17.8. The Balaban J connectivity index is 1.00. The van der Waals surface area contributed by atoms with E-state index in [0.717, 1.165) is 73.4 Å². The van der Waals surface area contributed by atoms with E-state index in [1.165, 1.54) is 0 Å². The summed E-state index contributed by atoms with van der Waals surface area (Å²) in [6, 6.07) is 7.53. The number of amides is 1. The van der Waals surface area contributed by atoms with Crippen molar-refractivity contribution in [2.24, 2.45) is 5.92 Å². The highest BCUT2D eigenvalue weighted by Crippen LogP contribution is 2.42. The van der Waals surface area contributed by atoms with Crippen LogP contribution >= 0.6 is 0 Å². The number of aromatic nitrogens is 3. The van der Waals surface area contributed by atoms with Gasteiger partial charge in [-0.15, -0.1) is 0 Å². The van der Waals surface area contributed by atoms with Crippen molar-refractivity contribution in [1.82, 2.24) is 25.2 Å². The van der Waals surface area contributed by atoms with Crippen LogP contribution in [-0.4, -0.2) is 64.4 Å². The third kappa shape index (κ3) is 5.34. The van der Waals surface area contributed by atoms with E-state index in [9.17, 15) is 18.4 Å². The molecule has 4 heterocycles. The lowest BCUT2D eigenvalue weighted by Crippen LogP contribution is -2.46. The van der Waals surface area contributed by atoms with Crippen LogP contribution in [0.25, 0.3) is 11.0 Å². The second-order valence-electron chi connectivity index (χ2n) is 10.6. The number of hydrogen-bond donors (Lipinski definition) is 2. The smallest absolute Gasteiger partial charge is 0.269 e. The number of carbonyl (C=O) groups is 1. The number of rotatable bonds is 7. The Morgan fingerprint density at radius 1 is 1.08 bits per heavy atom. The number of alkyl halides is 2. The average Bonchev–Trinajstić information content (AvgIpc) is 3.71. The van der Waals surface area contributed by atoms with Crippen molar-refractivity contribution in [3.05, 3.63) is 63.8 Å². The second-order valence-corrected chi connectivity index (χ2v) is 10.6. The highest BCUT2D eigenvalue weighted by Gasteiger charge is 2.45. The Kier molecular flexibility index (Phi) is 6.14. The van der Waals surface area contributed by atoms with Crippen molar-refractivity contribution < 1.29 is 13.6 Å². The monoisotopic (exact) mass is 508 g/mol. The lowest BCUT2D eigenvalue weighted by molar-refractivity contribution is -0.108. The van der Waals surface area contributed by atoms with Crippen LogP contribution in [0.4, 0.5) is 14.5 Å². The summed E-state index contributed by atoms with van der Waals surface area (Å²) in [4.78, 5) is 41.2. The molecule has 0 spiro atoms. The van der Waals surface area contributed by atoms with Crippen LogP contribution in [-0.2, 0) is 6.54 Å². The van der Waals surface area contributed by atoms with Gasteiger partial charge in [0, 0.05) is 63.9 Å². The highest BCUT2D eigenvalue weighted by molar-refractivity contribution is 5.92. The van der Waals surface area contributed by atoms with Gasteiger partial charge >= 0.3 is 0 Å².